The van der Waals surface area contributed by atoms with Crippen molar-refractivity contribution in [3.63, 3.8) is 0 Å². The molecular formula is C10H18N2O3. The summed E-state index contributed by atoms with van der Waals surface area (Å²) in [6.07, 6.45) is 3.06. The van der Waals surface area contributed by atoms with E-state index in [1.165, 1.54) is 12.4 Å². The zero-order valence-electron chi connectivity index (χ0n) is 9.05. The van der Waals surface area contributed by atoms with Crippen LogP contribution in [0, 0.1) is 0 Å². The van der Waals surface area contributed by atoms with Crippen LogP contribution in [-0.2, 0) is 0 Å². The number of carbonyl (C=O) groups excluding carboxylic acids is 1. The summed E-state index contributed by atoms with van der Waals surface area (Å²) in [5, 5.41) is 15.1. The fourth-order valence-electron chi connectivity index (χ4n) is 0.516. The van der Waals surface area contributed by atoms with E-state index in [4.69, 9.17) is 15.9 Å². The number of nitrogens with two attached hydrogens (primary N) is 1. The Bertz CT molecular complexity index is 238. The highest BCUT2D eigenvalue weighted by atomic mass is 16.3. The van der Waals surface area contributed by atoms with Crippen molar-refractivity contribution in [2.24, 2.45) is 5.73 Å². The molecule has 1 amide bonds. The number of pyridine rings is 1. The molecule has 5 heteroatoms. The van der Waals surface area contributed by atoms with Crippen LogP contribution in [0.2, 0.25) is 0 Å². The van der Waals surface area contributed by atoms with Crippen LogP contribution in [0.3, 0.4) is 0 Å². The van der Waals surface area contributed by atoms with Crippen LogP contribution in [0.5, 0.6) is 0 Å². The number of aliphatic hydroxyl groups is 2. The highest BCUT2D eigenvalue weighted by Crippen LogP contribution is 1.91. The number of nitrogens with zero attached hydrogens (tertiary/aromatic N) is 1. The number of aliphatic hydroxyl groups excluding tert-OH is 2. The maximum atomic E-state index is 10.4. The quantitative estimate of drug-likeness (QED) is 0.621. The van der Waals surface area contributed by atoms with Gasteiger partial charge >= 0.3 is 0 Å². The number of aromatic nitrogens is 1. The second-order valence-corrected chi connectivity index (χ2v) is 2.23. The third kappa shape index (κ3) is 12.5. The van der Waals surface area contributed by atoms with Crippen LogP contribution >= 0.6 is 0 Å². The Morgan fingerprint density at radius 2 is 1.60 bits per heavy atom. The van der Waals surface area contributed by atoms with E-state index in [1.807, 2.05) is 0 Å². The highest BCUT2D eigenvalue weighted by molar-refractivity contribution is 5.92. The highest BCUT2D eigenvalue weighted by Gasteiger charge is 1.94. The summed E-state index contributed by atoms with van der Waals surface area (Å²) in [4.78, 5) is 14.1. The fourth-order valence-corrected chi connectivity index (χ4v) is 0.516. The molecule has 0 bridgehead atoms. The Hall–Kier alpha value is -1.46. The van der Waals surface area contributed by atoms with Crippen molar-refractivity contribution in [3.8, 4) is 0 Å². The van der Waals surface area contributed by atoms with E-state index >= 15 is 0 Å². The molecule has 0 radical (unpaired) electrons. The van der Waals surface area contributed by atoms with Crippen molar-refractivity contribution >= 4 is 5.91 Å². The van der Waals surface area contributed by atoms with E-state index in [1.54, 1.807) is 26.0 Å². The summed E-state index contributed by atoms with van der Waals surface area (Å²) >= 11 is 0. The van der Waals surface area contributed by atoms with Crippen LogP contribution in [0.1, 0.15) is 24.2 Å². The molecule has 0 aromatic carbocycles. The van der Waals surface area contributed by atoms with Gasteiger partial charge in [0.15, 0.2) is 0 Å². The second-order valence-electron chi connectivity index (χ2n) is 2.23. The predicted molar refractivity (Wildman–Crippen MR) is 58.3 cm³/mol. The van der Waals surface area contributed by atoms with Gasteiger partial charge in [0.05, 0.1) is 0 Å². The van der Waals surface area contributed by atoms with Crippen LogP contribution in [0.15, 0.2) is 24.5 Å². The molecule has 1 aromatic rings. The predicted octanol–water partition coefficient (Wildman–Crippen LogP) is 0.178. The minimum atomic E-state index is -0.419. The third-order valence-electron chi connectivity index (χ3n) is 0.965. The van der Waals surface area contributed by atoms with Crippen LogP contribution < -0.4 is 5.73 Å². The van der Waals surface area contributed by atoms with Gasteiger partial charge in [-0.05, 0) is 26.0 Å². The molecule has 15 heavy (non-hydrogen) atoms. The van der Waals surface area contributed by atoms with E-state index in [0.717, 1.165) is 0 Å². The van der Waals surface area contributed by atoms with Gasteiger partial charge in [-0.2, -0.15) is 0 Å². The molecule has 0 unspecified atom stereocenters. The molecule has 0 aliphatic heterocycles. The largest absolute Gasteiger partial charge is 0.397 e. The van der Waals surface area contributed by atoms with E-state index in [-0.39, 0.29) is 13.2 Å². The molecule has 86 valence electrons. The summed E-state index contributed by atoms with van der Waals surface area (Å²) < 4.78 is 0. The van der Waals surface area contributed by atoms with E-state index in [0.29, 0.717) is 5.56 Å². The zero-order valence-corrected chi connectivity index (χ0v) is 9.05. The summed E-state index contributed by atoms with van der Waals surface area (Å²) in [7, 11) is 0. The molecule has 1 heterocycles. The standard InChI is InChI=1S/C6H6N2O.2C2H6O/c7-6(9)5-1-3-8-4-2-5;2*1-2-3/h1-4H,(H2,7,9);2*3H,2H2,1H3. The number of primary amides is 1. The van der Waals surface area contributed by atoms with E-state index in [2.05, 4.69) is 4.98 Å². The van der Waals surface area contributed by atoms with Crippen LogP contribution in [0.4, 0.5) is 0 Å². The number of rotatable bonds is 1. The molecule has 5 nitrogen and oxygen atoms in total. The fraction of sp³-hybridized carbons (Fsp3) is 0.400. The van der Waals surface area contributed by atoms with Gasteiger partial charge in [-0.3, -0.25) is 9.78 Å². The van der Waals surface area contributed by atoms with E-state index in [9.17, 15) is 4.79 Å². The molecule has 0 aliphatic carbocycles. The first-order chi connectivity index (χ1) is 7.13. The van der Waals surface area contributed by atoms with Crippen molar-refractivity contribution < 1.29 is 15.0 Å². The number of amides is 1. The average Bonchev–Trinajstić information content (AvgIpc) is 2.21. The van der Waals surface area contributed by atoms with Gasteiger partial charge in [0, 0.05) is 31.2 Å². The Morgan fingerprint density at radius 3 is 1.80 bits per heavy atom. The molecule has 4 N–H and O–H groups in total. The summed E-state index contributed by atoms with van der Waals surface area (Å²) in [6, 6.07) is 3.14. The Morgan fingerprint density at radius 1 is 1.27 bits per heavy atom. The number of carbonyl (C=O) groups is 1. The maximum absolute atomic E-state index is 10.4. The van der Waals surface area contributed by atoms with Crippen LogP contribution in [-0.4, -0.2) is 34.3 Å². The summed E-state index contributed by atoms with van der Waals surface area (Å²) in [6.45, 7) is 3.86. The lowest BCUT2D eigenvalue weighted by Crippen LogP contribution is -2.10. The van der Waals surface area contributed by atoms with Crippen molar-refractivity contribution in [2.45, 2.75) is 13.8 Å². The van der Waals surface area contributed by atoms with E-state index < -0.39 is 5.91 Å². The van der Waals surface area contributed by atoms with Crippen molar-refractivity contribution in [1.82, 2.24) is 4.98 Å². The second kappa shape index (κ2) is 12.5. The topological polar surface area (TPSA) is 96.4 Å². The van der Waals surface area contributed by atoms with Crippen molar-refractivity contribution in [2.75, 3.05) is 13.2 Å². The van der Waals surface area contributed by atoms with Gasteiger partial charge < -0.3 is 15.9 Å². The monoisotopic (exact) mass is 214 g/mol. The Balaban J connectivity index is 0. The molecule has 0 saturated carbocycles. The normalized spacial score (nSPS) is 7.73. The van der Waals surface area contributed by atoms with Crippen molar-refractivity contribution in [3.05, 3.63) is 30.1 Å². The summed E-state index contributed by atoms with van der Waals surface area (Å²) in [5.74, 6) is -0.419. The zero-order chi connectivity index (χ0) is 12.1. The van der Waals surface area contributed by atoms with Gasteiger partial charge in [0.1, 0.15) is 0 Å². The van der Waals surface area contributed by atoms with Gasteiger partial charge in [-0.25, -0.2) is 0 Å². The van der Waals surface area contributed by atoms with Gasteiger partial charge in [-0.15, -0.1) is 0 Å². The molecule has 1 rings (SSSR count). The lowest BCUT2D eigenvalue weighted by molar-refractivity contribution is 0.1000. The molecular weight excluding hydrogens is 196 g/mol. The maximum Gasteiger partial charge on any atom is 0.248 e. The lowest BCUT2D eigenvalue weighted by atomic mass is 10.3. The Kier molecular flexibility index (Phi) is 13.4. The molecule has 0 saturated heterocycles. The number of hydrogen-bond acceptors (Lipinski definition) is 4. The first-order valence-corrected chi connectivity index (χ1v) is 4.55. The minimum absolute atomic E-state index is 0.250. The average molecular weight is 214 g/mol. The molecule has 0 atom stereocenters. The van der Waals surface area contributed by atoms with Gasteiger partial charge in [0.25, 0.3) is 0 Å². The number of hydrogen-bond donors (Lipinski definition) is 3. The van der Waals surface area contributed by atoms with Gasteiger partial charge in [-0.1, -0.05) is 0 Å². The molecule has 0 fully saturated rings. The van der Waals surface area contributed by atoms with Crippen LogP contribution in [0.25, 0.3) is 0 Å². The third-order valence-corrected chi connectivity index (χ3v) is 0.965. The first-order valence-electron chi connectivity index (χ1n) is 4.55. The smallest absolute Gasteiger partial charge is 0.248 e. The first kappa shape index (κ1) is 16.0. The SMILES string of the molecule is CCO.CCO.NC(=O)c1ccncc1. The minimum Gasteiger partial charge on any atom is -0.397 e. The summed E-state index contributed by atoms with van der Waals surface area (Å²) in [5.41, 5.74) is 5.44. The lowest BCUT2D eigenvalue weighted by Gasteiger charge is -1.88. The van der Waals surface area contributed by atoms with Crippen molar-refractivity contribution in [1.29, 1.82) is 0 Å². The Labute approximate surface area is 89.6 Å². The molecule has 0 aliphatic rings. The van der Waals surface area contributed by atoms with Gasteiger partial charge in [0.2, 0.25) is 5.91 Å². The molecule has 0 spiro atoms. The molecule has 1 aromatic heterocycles.